The van der Waals surface area contributed by atoms with Gasteiger partial charge < -0.3 is 9.67 Å². The highest BCUT2D eigenvalue weighted by molar-refractivity contribution is 7.11. The first-order valence-corrected chi connectivity index (χ1v) is 6.58. The summed E-state index contributed by atoms with van der Waals surface area (Å²) in [6, 6.07) is 0. The van der Waals surface area contributed by atoms with Crippen LogP contribution in [-0.4, -0.2) is 19.6 Å². The molecule has 2 rings (SSSR count). The zero-order valence-corrected chi connectivity index (χ0v) is 11.2. The van der Waals surface area contributed by atoms with Crippen LogP contribution < -0.4 is 0 Å². The maximum Gasteiger partial charge on any atom is 0.148 e. The molecule has 92 valence electrons. The highest BCUT2D eigenvalue weighted by Gasteiger charge is 2.20. The van der Waals surface area contributed by atoms with E-state index in [1.165, 1.54) is 11.3 Å². The van der Waals surface area contributed by atoms with Crippen LogP contribution in [0.2, 0.25) is 0 Å². The van der Waals surface area contributed by atoms with E-state index < -0.39 is 6.10 Å². The van der Waals surface area contributed by atoms with E-state index in [-0.39, 0.29) is 0 Å². The van der Waals surface area contributed by atoms with Crippen LogP contribution in [0.15, 0.2) is 12.4 Å². The molecule has 0 aliphatic carbocycles. The van der Waals surface area contributed by atoms with Crippen molar-refractivity contribution < 1.29 is 5.11 Å². The lowest BCUT2D eigenvalue weighted by molar-refractivity contribution is 0.207. The van der Waals surface area contributed by atoms with Gasteiger partial charge in [-0.05, 0) is 20.3 Å². The third-order valence-corrected chi connectivity index (χ3v) is 3.77. The highest BCUT2D eigenvalue weighted by atomic mass is 32.1. The smallest absolute Gasteiger partial charge is 0.148 e. The minimum absolute atomic E-state index is 0.664. The summed E-state index contributed by atoms with van der Waals surface area (Å²) in [7, 11) is 0. The molecule has 0 fully saturated rings. The maximum atomic E-state index is 10.4. The standard InChI is InChI=1S/C12H17N3OS/c1-4-6-15-7-5-13-12(15)10(16)11-8(2)14-9(3)17-11/h5,7,10,16H,4,6H2,1-3H3. The molecule has 4 nitrogen and oxygen atoms in total. The van der Waals surface area contributed by atoms with Gasteiger partial charge in [-0.15, -0.1) is 11.3 Å². The van der Waals surface area contributed by atoms with Gasteiger partial charge in [-0.3, -0.25) is 0 Å². The number of hydrogen-bond acceptors (Lipinski definition) is 4. The Hall–Kier alpha value is -1.20. The van der Waals surface area contributed by atoms with Crippen molar-refractivity contribution in [3.8, 4) is 0 Å². The fraction of sp³-hybridized carbons (Fsp3) is 0.500. The molecule has 2 aromatic rings. The van der Waals surface area contributed by atoms with Crippen molar-refractivity contribution in [1.29, 1.82) is 0 Å². The van der Waals surface area contributed by atoms with Gasteiger partial charge in [0.1, 0.15) is 11.9 Å². The molecule has 0 radical (unpaired) electrons. The third-order valence-electron chi connectivity index (χ3n) is 2.64. The summed E-state index contributed by atoms with van der Waals surface area (Å²) in [4.78, 5) is 9.49. The summed E-state index contributed by atoms with van der Waals surface area (Å²) in [5.74, 6) is 0.707. The second kappa shape index (κ2) is 4.98. The lowest BCUT2D eigenvalue weighted by atomic mass is 10.2. The van der Waals surface area contributed by atoms with Crippen LogP contribution in [0.1, 0.15) is 40.9 Å². The van der Waals surface area contributed by atoms with E-state index in [2.05, 4.69) is 16.9 Å². The quantitative estimate of drug-likeness (QED) is 0.908. The molecule has 5 heteroatoms. The second-order valence-electron chi connectivity index (χ2n) is 4.06. The predicted octanol–water partition coefficient (Wildman–Crippen LogP) is 2.45. The van der Waals surface area contributed by atoms with Gasteiger partial charge in [0.05, 0.1) is 15.6 Å². The molecule has 1 unspecified atom stereocenters. The van der Waals surface area contributed by atoms with Crippen molar-refractivity contribution in [2.24, 2.45) is 0 Å². The van der Waals surface area contributed by atoms with Crippen LogP contribution >= 0.6 is 11.3 Å². The van der Waals surface area contributed by atoms with E-state index in [0.29, 0.717) is 5.82 Å². The number of rotatable bonds is 4. The van der Waals surface area contributed by atoms with Crippen LogP contribution in [0, 0.1) is 13.8 Å². The number of aliphatic hydroxyl groups is 1. The fourth-order valence-electron chi connectivity index (χ4n) is 1.92. The van der Waals surface area contributed by atoms with Crippen LogP contribution in [0.25, 0.3) is 0 Å². The Balaban J connectivity index is 2.33. The number of aryl methyl sites for hydroxylation is 3. The Kier molecular flexibility index (Phi) is 3.59. The van der Waals surface area contributed by atoms with Crippen molar-refractivity contribution in [3.63, 3.8) is 0 Å². The first-order valence-electron chi connectivity index (χ1n) is 5.76. The zero-order valence-electron chi connectivity index (χ0n) is 10.3. The molecule has 2 heterocycles. The third kappa shape index (κ3) is 2.40. The Morgan fingerprint density at radius 3 is 2.82 bits per heavy atom. The fourth-order valence-corrected chi connectivity index (χ4v) is 2.83. The van der Waals surface area contributed by atoms with Crippen LogP contribution in [0.3, 0.4) is 0 Å². The largest absolute Gasteiger partial charge is 0.379 e. The number of aliphatic hydroxyl groups excluding tert-OH is 1. The number of aromatic nitrogens is 3. The van der Waals surface area contributed by atoms with Gasteiger partial charge in [-0.1, -0.05) is 6.92 Å². The van der Waals surface area contributed by atoms with Gasteiger partial charge in [0.25, 0.3) is 0 Å². The molecular formula is C12H17N3OS. The Morgan fingerprint density at radius 1 is 1.47 bits per heavy atom. The van der Waals surface area contributed by atoms with Crippen molar-refractivity contribution in [3.05, 3.63) is 33.8 Å². The number of nitrogens with zero attached hydrogens (tertiary/aromatic N) is 3. The Morgan fingerprint density at radius 2 is 2.24 bits per heavy atom. The monoisotopic (exact) mass is 251 g/mol. The van der Waals surface area contributed by atoms with E-state index in [9.17, 15) is 5.11 Å². The summed E-state index contributed by atoms with van der Waals surface area (Å²) < 4.78 is 2.00. The molecule has 0 saturated carbocycles. The molecule has 1 atom stereocenters. The summed E-state index contributed by atoms with van der Waals surface area (Å²) in [6.45, 7) is 6.86. The average Bonchev–Trinajstić information content (AvgIpc) is 2.85. The predicted molar refractivity (Wildman–Crippen MR) is 68.2 cm³/mol. The maximum absolute atomic E-state index is 10.4. The van der Waals surface area contributed by atoms with Crippen molar-refractivity contribution in [1.82, 2.24) is 14.5 Å². The van der Waals surface area contributed by atoms with Crippen molar-refractivity contribution >= 4 is 11.3 Å². The molecule has 0 bridgehead atoms. The van der Waals surface area contributed by atoms with E-state index in [0.717, 1.165) is 28.5 Å². The molecule has 0 saturated heterocycles. The Bertz CT molecular complexity index is 504. The first kappa shape index (κ1) is 12.3. The van der Waals surface area contributed by atoms with Gasteiger partial charge in [0.15, 0.2) is 0 Å². The lowest BCUT2D eigenvalue weighted by Crippen LogP contribution is -2.09. The first-order chi connectivity index (χ1) is 8.13. The van der Waals surface area contributed by atoms with Crippen molar-refractivity contribution in [2.75, 3.05) is 0 Å². The molecule has 0 aliphatic heterocycles. The van der Waals surface area contributed by atoms with Crippen LogP contribution in [0.4, 0.5) is 0 Å². The van der Waals surface area contributed by atoms with Gasteiger partial charge in [-0.2, -0.15) is 0 Å². The summed E-state index contributed by atoms with van der Waals surface area (Å²) in [6.07, 6.45) is 4.00. The topological polar surface area (TPSA) is 50.9 Å². The minimum Gasteiger partial charge on any atom is -0.379 e. The molecule has 1 N–H and O–H groups in total. The van der Waals surface area contributed by atoms with Crippen molar-refractivity contribution in [2.45, 2.75) is 39.8 Å². The SMILES string of the molecule is CCCn1ccnc1C(O)c1sc(C)nc1C. The summed E-state index contributed by atoms with van der Waals surface area (Å²) in [5.41, 5.74) is 0.894. The minimum atomic E-state index is -0.664. The molecular weight excluding hydrogens is 234 g/mol. The molecule has 0 spiro atoms. The zero-order chi connectivity index (χ0) is 12.4. The van der Waals surface area contributed by atoms with Gasteiger partial charge in [0, 0.05) is 18.9 Å². The number of thiazole rings is 1. The van der Waals surface area contributed by atoms with E-state index in [1.54, 1.807) is 6.20 Å². The molecule has 0 aliphatic rings. The second-order valence-corrected chi connectivity index (χ2v) is 5.30. The average molecular weight is 251 g/mol. The molecule has 17 heavy (non-hydrogen) atoms. The molecule has 2 aromatic heterocycles. The lowest BCUT2D eigenvalue weighted by Gasteiger charge is -2.11. The van der Waals surface area contributed by atoms with E-state index in [1.807, 2.05) is 24.6 Å². The Labute approximate surface area is 105 Å². The summed E-state index contributed by atoms with van der Waals surface area (Å²) in [5, 5.41) is 11.3. The van der Waals surface area contributed by atoms with E-state index in [4.69, 9.17) is 0 Å². The van der Waals surface area contributed by atoms with E-state index >= 15 is 0 Å². The normalized spacial score (nSPS) is 12.9. The number of hydrogen-bond donors (Lipinski definition) is 1. The van der Waals surface area contributed by atoms with Gasteiger partial charge in [0.2, 0.25) is 0 Å². The van der Waals surface area contributed by atoms with Gasteiger partial charge in [-0.25, -0.2) is 9.97 Å². The number of imidazole rings is 1. The summed E-state index contributed by atoms with van der Waals surface area (Å²) >= 11 is 1.53. The molecule has 0 amide bonds. The van der Waals surface area contributed by atoms with Crippen LogP contribution in [-0.2, 0) is 6.54 Å². The highest BCUT2D eigenvalue weighted by Crippen LogP contribution is 2.28. The van der Waals surface area contributed by atoms with Gasteiger partial charge >= 0.3 is 0 Å². The van der Waals surface area contributed by atoms with Crippen LogP contribution in [0.5, 0.6) is 0 Å². The molecule has 0 aromatic carbocycles.